The fourth-order valence-electron chi connectivity index (χ4n) is 3.05. The fraction of sp³-hybridized carbons (Fsp3) is 0.294. The number of ether oxygens (including phenoxy) is 1. The summed E-state index contributed by atoms with van der Waals surface area (Å²) < 4.78 is 7.02. The van der Waals surface area contributed by atoms with Crippen LogP contribution in [-0.4, -0.2) is 66.0 Å². The third-order valence-electron chi connectivity index (χ3n) is 4.53. The van der Waals surface area contributed by atoms with Gasteiger partial charge in [0, 0.05) is 5.02 Å². The van der Waals surface area contributed by atoms with Crippen molar-refractivity contribution in [3.05, 3.63) is 41.2 Å². The SMILES string of the molecule is Nc1ncnc2c1nc(N/N=C\c1ccc(Cl)cc1)n2[C@H]1O[C@@H](CO)[C@@H](O)[C@@H]1O. The zero-order valence-corrected chi connectivity index (χ0v) is 15.7. The van der Waals surface area contributed by atoms with Gasteiger partial charge in [0.15, 0.2) is 23.2 Å². The maximum absolute atomic E-state index is 10.4. The Morgan fingerprint density at radius 3 is 2.69 bits per heavy atom. The third-order valence-corrected chi connectivity index (χ3v) is 4.78. The first-order valence-electron chi connectivity index (χ1n) is 8.65. The highest BCUT2D eigenvalue weighted by Crippen LogP contribution is 2.35. The summed E-state index contributed by atoms with van der Waals surface area (Å²) in [7, 11) is 0. The zero-order chi connectivity index (χ0) is 20.5. The van der Waals surface area contributed by atoms with Crippen molar-refractivity contribution in [2.75, 3.05) is 17.8 Å². The third kappa shape index (κ3) is 3.61. The van der Waals surface area contributed by atoms with Crippen LogP contribution in [0.1, 0.15) is 11.8 Å². The molecular weight excluding hydrogens is 402 g/mol. The van der Waals surface area contributed by atoms with E-state index in [9.17, 15) is 15.3 Å². The van der Waals surface area contributed by atoms with E-state index in [1.165, 1.54) is 10.9 Å². The number of rotatable bonds is 5. The predicted molar refractivity (Wildman–Crippen MR) is 105 cm³/mol. The van der Waals surface area contributed by atoms with Gasteiger partial charge in [-0.05, 0) is 17.7 Å². The maximum atomic E-state index is 10.4. The minimum atomic E-state index is -1.33. The standard InChI is InChI=1S/C17H18ClN7O4/c18-9-3-1-8(2-4-9)5-22-24-17-23-11-14(19)20-7-21-15(11)25(17)16-13(28)12(27)10(6-26)29-16/h1-5,7,10,12-13,16,26-28H,6H2,(H,23,24)(H2,19,20,21)/b22-5-/t10-,12+,13-,16-/m0/s1. The van der Waals surface area contributed by atoms with Crippen LogP contribution in [0.2, 0.25) is 5.02 Å². The number of fused-ring (bicyclic) bond motifs is 1. The molecule has 12 heteroatoms. The van der Waals surface area contributed by atoms with Gasteiger partial charge >= 0.3 is 0 Å². The molecule has 11 nitrogen and oxygen atoms in total. The Kier molecular flexibility index (Phi) is 5.30. The van der Waals surface area contributed by atoms with E-state index in [2.05, 4.69) is 25.5 Å². The molecule has 2 aromatic heterocycles. The lowest BCUT2D eigenvalue weighted by Crippen LogP contribution is -2.33. The van der Waals surface area contributed by atoms with Gasteiger partial charge in [0.2, 0.25) is 5.95 Å². The molecule has 0 saturated carbocycles. The number of nitrogens with one attached hydrogen (secondary N) is 1. The van der Waals surface area contributed by atoms with Crippen LogP contribution in [0.25, 0.3) is 11.2 Å². The van der Waals surface area contributed by atoms with E-state index in [0.29, 0.717) is 5.02 Å². The van der Waals surface area contributed by atoms with E-state index in [1.54, 1.807) is 30.5 Å². The molecule has 6 N–H and O–H groups in total. The second-order valence-electron chi connectivity index (χ2n) is 6.39. The summed E-state index contributed by atoms with van der Waals surface area (Å²) in [4.78, 5) is 12.4. The molecule has 0 aliphatic carbocycles. The van der Waals surface area contributed by atoms with Crippen LogP contribution in [0.4, 0.5) is 11.8 Å². The van der Waals surface area contributed by atoms with Gasteiger partial charge in [0.05, 0.1) is 12.8 Å². The molecule has 3 heterocycles. The van der Waals surface area contributed by atoms with Crippen LogP contribution in [0.5, 0.6) is 0 Å². The second-order valence-corrected chi connectivity index (χ2v) is 6.82. The average Bonchev–Trinajstić information content (AvgIpc) is 3.22. The van der Waals surface area contributed by atoms with Gasteiger partial charge in [0.1, 0.15) is 24.6 Å². The second kappa shape index (κ2) is 7.89. The van der Waals surface area contributed by atoms with Gasteiger partial charge in [-0.2, -0.15) is 5.10 Å². The number of aliphatic hydroxyl groups excluding tert-OH is 3. The number of anilines is 2. The lowest BCUT2D eigenvalue weighted by molar-refractivity contribution is -0.0501. The number of benzene rings is 1. The molecule has 0 radical (unpaired) electrons. The van der Waals surface area contributed by atoms with E-state index in [4.69, 9.17) is 22.1 Å². The van der Waals surface area contributed by atoms with E-state index in [0.717, 1.165) is 5.56 Å². The summed E-state index contributed by atoms with van der Waals surface area (Å²) >= 11 is 5.87. The molecular formula is C17H18ClN7O4. The van der Waals surface area contributed by atoms with E-state index < -0.39 is 31.1 Å². The summed E-state index contributed by atoms with van der Waals surface area (Å²) in [5, 5.41) is 34.6. The number of aliphatic hydroxyl groups is 3. The van der Waals surface area contributed by atoms with E-state index in [1.807, 2.05) is 0 Å². The molecule has 1 aliphatic rings. The molecule has 0 amide bonds. The number of hydrazone groups is 1. The first-order chi connectivity index (χ1) is 14.0. The van der Waals surface area contributed by atoms with Crippen LogP contribution in [0, 0.1) is 0 Å². The Morgan fingerprint density at radius 1 is 1.24 bits per heavy atom. The molecule has 0 bridgehead atoms. The molecule has 3 aromatic rings. The van der Waals surface area contributed by atoms with Gasteiger partial charge < -0.3 is 25.8 Å². The lowest BCUT2D eigenvalue weighted by atomic mass is 10.1. The van der Waals surface area contributed by atoms with Crippen molar-refractivity contribution in [2.24, 2.45) is 5.10 Å². The smallest absolute Gasteiger partial charge is 0.228 e. The number of nitrogen functional groups attached to an aromatic ring is 1. The monoisotopic (exact) mass is 419 g/mol. The topological polar surface area (TPSA) is 164 Å². The summed E-state index contributed by atoms with van der Waals surface area (Å²) in [6.45, 7) is -0.462. The normalized spacial score (nSPS) is 24.6. The van der Waals surface area contributed by atoms with Crippen LogP contribution in [-0.2, 0) is 4.74 Å². The van der Waals surface area contributed by atoms with Gasteiger partial charge in [-0.15, -0.1) is 0 Å². The number of halogens is 1. The number of imidazole rings is 1. The number of hydrogen-bond acceptors (Lipinski definition) is 10. The molecule has 0 unspecified atom stereocenters. The molecule has 1 aliphatic heterocycles. The molecule has 1 saturated heterocycles. The minimum absolute atomic E-state index is 0.130. The first-order valence-corrected chi connectivity index (χ1v) is 9.03. The highest BCUT2D eigenvalue weighted by atomic mass is 35.5. The molecule has 29 heavy (non-hydrogen) atoms. The molecule has 152 valence electrons. The Labute approximate surface area is 169 Å². The Balaban J connectivity index is 1.71. The lowest BCUT2D eigenvalue weighted by Gasteiger charge is -2.18. The molecule has 4 atom stereocenters. The Hall–Kier alpha value is -2.83. The molecule has 1 aromatic carbocycles. The van der Waals surface area contributed by atoms with Crippen molar-refractivity contribution in [3.63, 3.8) is 0 Å². The quantitative estimate of drug-likeness (QED) is 0.285. The Morgan fingerprint density at radius 2 is 2.00 bits per heavy atom. The minimum Gasteiger partial charge on any atom is -0.394 e. The highest BCUT2D eigenvalue weighted by molar-refractivity contribution is 6.30. The summed E-state index contributed by atoms with van der Waals surface area (Å²) in [6, 6.07) is 7.03. The van der Waals surface area contributed by atoms with Crippen LogP contribution in [0.15, 0.2) is 35.7 Å². The van der Waals surface area contributed by atoms with Crippen molar-refractivity contribution >= 4 is 40.7 Å². The van der Waals surface area contributed by atoms with E-state index in [-0.39, 0.29) is 22.9 Å². The van der Waals surface area contributed by atoms with Gasteiger partial charge in [-0.1, -0.05) is 23.7 Å². The van der Waals surface area contributed by atoms with Crippen LogP contribution in [0.3, 0.4) is 0 Å². The first kappa shape index (κ1) is 19.5. The van der Waals surface area contributed by atoms with Crippen molar-refractivity contribution in [3.8, 4) is 0 Å². The largest absolute Gasteiger partial charge is 0.394 e. The van der Waals surface area contributed by atoms with Crippen molar-refractivity contribution in [2.45, 2.75) is 24.5 Å². The summed E-state index contributed by atoms with van der Waals surface area (Å²) in [5.41, 5.74) is 9.99. The van der Waals surface area contributed by atoms with E-state index >= 15 is 0 Å². The van der Waals surface area contributed by atoms with Crippen molar-refractivity contribution in [1.29, 1.82) is 0 Å². The van der Waals surface area contributed by atoms with Crippen molar-refractivity contribution < 1.29 is 20.1 Å². The predicted octanol–water partition coefficient (Wildman–Crippen LogP) is 0.119. The maximum Gasteiger partial charge on any atom is 0.228 e. The van der Waals surface area contributed by atoms with Crippen LogP contribution >= 0.6 is 11.6 Å². The van der Waals surface area contributed by atoms with Gasteiger partial charge in [-0.25, -0.2) is 20.4 Å². The highest BCUT2D eigenvalue weighted by Gasteiger charge is 2.45. The molecule has 0 spiro atoms. The fourth-order valence-corrected chi connectivity index (χ4v) is 3.18. The summed E-state index contributed by atoms with van der Waals surface area (Å²) in [5.74, 6) is 0.289. The average molecular weight is 420 g/mol. The van der Waals surface area contributed by atoms with Crippen molar-refractivity contribution in [1.82, 2.24) is 19.5 Å². The van der Waals surface area contributed by atoms with Crippen LogP contribution < -0.4 is 11.2 Å². The van der Waals surface area contributed by atoms with Gasteiger partial charge in [-0.3, -0.25) is 4.57 Å². The number of hydrogen-bond donors (Lipinski definition) is 5. The number of nitrogens with two attached hydrogens (primary N) is 1. The summed E-state index contributed by atoms with van der Waals surface area (Å²) in [6.07, 6.45) is -1.86. The molecule has 1 fully saturated rings. The number of nitrogens with zero attached hydrogens (tertiary/aromatic N) is 5. The molecule has 4 rings (SSSR count). The van der Waals surface area contributed by atoms with Gasteiger partial charge in [0.25, 0.3) is 0 Å². The zero-order valence-electron chi connectivity index (χ0n) is 14.9. The number of aromatic nitrogens is 4. The Bertz CT molecular complexity index is 1040.